The molecule has 22 heavy (non-hydrogen) atoms. The van der Waals surface area contributed by atoms with E-state index < -0.39 is 23.0 Å². The Morgan fingerprint density at radius 2 is 1.64 bits per heavy atom. The molecule has 0 aromatic rings. The second-order valence-corrected chi connectivity index (χ2v) is 6.38. The molecule has 2 unspecified atom stereocenters. The van der Waals surface area contributed by atoms with Crippen LogP contribution in [0.15, 0.2) is 20.3 Å². The van der Waals surface area contributed by atoms with E-state index in [1.165, 1.54) is 14.2 Å². The largest absolute Gasteiger partial charge is 0.495 e. The van der Waals surface area contributed by atoms with Crippen molar-refractivity contribution in [3.05, 3.63) is 20.3 Å². The second-order valence-electron chi connectivity index (χ2n) is 4.79. The lowest BCUT2D eigenvalue weighted by Crippen LogP contribution is -2.57. The Balaban J connectivity index is 3.99. The van der Waals surface area contributed by atoms with E-state index in [4.69, 9.17) is 9.47 Å². The molecule has 8 heteroatoms. The van der Waals surface area contributed by atoms with Gasteiger partial charge in [-0.05, 0) is 12.8 Å². The van der Waals surface area contributed by atoms with Crippen LogP contribution in [-0.2, 0) is 19.1 Å². The molecular formula is C14H18Br2O6. The molecule has 2 N–H and O–H groups in total. The second kappa shape index (κ2) is 6.72. The maximum absolute atomic E-state index is 12.1. The summed E-state index contributed by atoms with van der Waals surface area (Å²) in [5.41, 5.74) is -3.01. The smallest absolute Gasteiger partial charge is 0.340 e. The van der Waals surface area contributed by atoms with E-state index in [2.05, 4.69) is 31.9 Å². The van der Waals surface area contributed by atoms with Gasteiger partial charge in [-0.15, -0.1) is 0 Å². The summed E-state index contributed by atoms with van der Waals surface area (Å²) >= 11 is 6.54. The average Bonchev–Trinajstić information content (AvgIpc) is 2.47. The maximum atomic E-state index is 12.1. The zero-order chi connectivity index (χ0) is 17.3. The molecule has 2 atom stereocenters. The Morgan fingerprint density at radius 3 is 1.91 bits per heavy atom. The van der Waals surface area contributed by atoms with Gasteiger partial charge in [-0.2, -0.15) is 0 Å². The molecule has 0 spiro atoms. The Kier molecular flexibility index (Phi) is 5.86. The third-order valence-corrected chi connectivity index (χ3v) is 6.30. The number of hydrogen-bond acceptors (Lipinski definition) is 4. The van der Waals surface area contributed by atoms with Gasteiger partial charge in [-0.25, -0.2) is 4.79 Å². The van der Waals surface area contributed by atoms with Crippen LogP contribution >= 0.6 is 31.9 Å². The summed E-state index contributed by atoms with van der Waals surface area (Å²) in [5, 5.41) is 19.4. The minimum absolute atomic E-state index is 0.0234. The van der Waals surface area contributed by atoms with Gasteiger partial charge in [0.15, 0.2) is 0 Å². The third kappa shape index (κ3) is 2.23. The molecule has 0 aliphatic heterocycles. The van der Waals surface area contributed by atoms with Gasteiger partial charge in [0.05, 0.1) is 11.6 Å². The summed E-state index contributed by atoms with van der Waals surface area (Å²) in [5.74, 6) is -2.38. The molecule has 0 radical (unpaired) electrons. The van der Waals surface area contributed by atoms with Gasteiger partial charge in [0.1, 0.15) is 22.3 Å². The van der Waals surface area contributed by atoms with Crippen molar-refractivity contribution in [2.24, 2.45) is 5.41 Å². The van der Waals surface area contributed by atoms with Crippen molar-refractivity contribution >= 4 is 43.8 Å². The standard InChI is InChI=1S/C14H18Br2O6/c1-5-13(12(19)20)10(16)8(21-3)7(11(17)18)9(15)14(13,6-2)22-4/h5-6H2,1-4H3,(H,17,18)(H,19,20). The lowest BCUT2D eigenvalue weighted by Gasteiger charge is -2.49. The molecule has 1 rings (SSSR count). The van der Waals surface area contributed by atoms with E-state index in [1.54, 1.807) is 13.8 Å². The Bertz CT molecular complexity index is 562. The number of ether oxygens (including phenoxy) is 2. The summed E-state index contributed by atoms with van der Waals surface area (Å²) < 4.78 is 11.1. The van der Waals surface area contributed by atoms with Crippen molar-refractivity contribution in [1.82, 2.24) is 0 Å². The molecule has 6 nitrogen and oxygen atoms in total. The number of carbonyl (C=O) groups is 2. The zero-order valence-corrected chi connectivity index (χ0v) is 15.9. The summed E-state index contributed by atoms with van der Waals surface area (Å²) in [6.07, 6.45) is 0.437. The zero-order valence-electron chi connectivity index (χ0n) is 12.7. The minimum Gasteiger partial charge on any atom is -0.495 e. The van der Waals surface area contributed by atoms with Crippen molar-refractivity contribution < 1.29 is 29.3 Å². The fraction of sp³-hybridized carbons (Fsp3) is 0.571. The van der Waals surface area contributed by atoms with Gasteiger partial charge in [-0.3, -0.25) is 4.79 Å². The summed E-state index contributed by atoms with van der Waals surface area (Å²) in [6, 6.07) is 0. The Hall–Kier alpha value is -0.860. The van der Waals surface area contributed by atoms with E-state index in [-0.39, 0.29) is 33.1 Å². The predicted octanol–water partition coefficient (Wildman–Crippen LogP) is 3.26. The molecule has 0 bridgehead atoms. The molecule has 0 heterocycles. The van der Waals surface area contributed by atoms with E-state index in [0.29, 0.717) is 0 Å². The van der Waals surface area contributed by atoms with Crippen molar-refractivity contribution in [1.29, 1.82) is 0 Å². The summed E-state index contributed by atoms with van der Waals surface area (Å²) in [6.45, 7) is 3.45. The van der Waals surface area contributed by atoms with Crippen LogP contribution in [0.2, 0.25) is 0 Å². The van der Waals surface area contributed by atoms with Crippen LogP contribution < -0.4 is 0 Å². The van der Waals surface area contributed by atoms with Crippen LogP contribution in [0.3, 0.4) is 0 Å². The first-order chi connectivity index (χ1) is 10.2. The van der Waals surface area contributed by atoms with Crippen LogP contribution in [0.25, 0.3) is 0 Å². The highest BCUT2D eigenvalue weighted by Crippen LogP contribution is 2.59. The number of rotatable bonds is 6. The van der Waals surface area contributed by atoms with Crippen LogP contribution in [0.4, 0.5) is 0 Å². The minimum atomic E-state index is -1.50. The highest BCUT2D eigenvalue weighted by molar-refractivity contribution is 9.12. The highest BCUT2D eigenvalue weighted by atomic mass is 79.9. The number of carboxylic acids is 2. The van der Waals surface area contributed by atoms with Gasteiger partial charge in [0, 0.05) is 11.6 Å². The van der Waals surface area contributed by atoms with Gasteiger partial charge in [-0.1, -0.05) is 45.7 Å². The third-order valence-electron chi connectivity index (χ3n) is 4.22. The molecule has 1 aliphatic rings. The van der Waals surface area contributed by atoms with Gasteiger partial charge >= 0.3 is 11.9 Å². The van der Waals surface area contributed by atoms with Gasteiger partial charge in [0.2, 0.25) is 0 Å². The number of methoxy groups -OCH3 is 2. The van der Waals surface area contributed by atoms with Gasteiger partial charge < -0.3 is 19.7 Å². The Morgan fingerprint density at radius 1 is 1.09 bits per heavy atom. The highest BCUT2D eigenvalue weighted by Gasteiger charge is 2.63. The predicted molar refractivity (Wildman–Crippen MR) is 86.9 cm³/mol. The molecule has 0 aromatic carbocycles. The quantitative estimate of drug-likeness (QED) is 0.657. The first kappa shape index (κ1) is 19.2. The van der Waals surface area contributed by atoms with Crippen LogP contribution in [0, 0.1) is 5.41 Å². The molecule has 0 saturated carbocycles. The maximum Gasteiger partial charge on any atom is 0.340 e. The number of hydrogen-bond donors (Lipinski definition) is 2. The number of aliphatic carboxylic acids is 2. The molecule has 0 fully saturated rings. The molecule has 0 aromatic heterocycles. The van der Waals surface area contributed by atoms with Crippen molar-refractivity contribution in [3.8, 4) is 0 Å². The first-order valence-electron chi connectivity index (χ1n) is 6.58. The molecule has 0 saturated heterocycles. The lowest BCUT2D eigenvalue weighted by molar-refractivity contribution is -0.163. The van der Waals surface area contributed by atoms with Crippen LogP contribution in [0.5, 0.6) is 0 Å². The fourth-order valence-electron chi connectivity index (χ4n) is 3.08. The Labute approximate surface area is 145 Å². The average molecular weight is 442 g/mol. The van der Waals surface area contributed by atoms with E-state index in [9.17, 15) is 19.8 Å². The topological polar surface area (TPSA) is 93.1 Å². The molecule has 1 aliphatic carbocycles. The van der Waals surface area contributed by atoms with Crippen molar-refractivity contribution in [2.75, 3.05) is 14.2 Å². The normalized spacial score (nSPS) is 28.8. The molecule has 0 amide bonds. The van der Waals surface area contributed by atoms with E-state index >= 15 is 0 Å². The van der Waals surface area contributed by atoms with Crippen LogP contribution in [0.1, 0.15) is 26.7 Å². The van der Waals surface area contributed by atoms with E-state index in [1.807, 2.05) is 0 Å². The molecular weight excluding hydrogens is 424 g/mol. The van der Waals surface area contributed by atoms with Crippen LogP contribution in [-0.4, -0.2) is 42.0 Å². The summed E-state index contributed by atoms with van der Waals surface area (Å²) in [4.78, 5) is 23.8. The number of halogens is 2. The fourth-order valence-corrected chi connectivity index (χ4v) is 5.34. The van der Waals surface area contributed by atoms with Crippen molar-refractivity contribution in [2.45, 2.75) is 32.3 Å². The summed E-state index contributed by atoms with van der Waals surface area (Å²) in [7, 11) is 2.67. The SMILES string of the molecule is CCC1(OC)C(Br)=C(C(=O)O)C(OC)=C(Br)C1(CC)C(=O)O. The molecule has 124 valence electrons. The van der Waals surface area contributed by atoms with Crippen molar-refractivity contribution in [3.63, 3.8) is 0 Å². The van der Waals surface area contributed by atoms with Gasteiger partial charge in [0.25, 0.3) is 0 Å². The first-order valence-corrected chi connectivity index (χ1v) is 8.17. The van der Waals surface area contributed by atoms with E-state index in [0.717, 1.165) is 0 Å². The lowest BCUT2D eigenvalue weighted by atomic mass is 9.64. The number of carboxylic acid groups (broad SMARTS) is 2. The monoisotopic (exact) mass is 440 g/mol.